The molecule has 1 fully saturated rings. The molecule has 1 atom stereocenters. The van der Waals surface area contributed by atoms with Crippen molar-refractivity contribution in [2.45, 2.75) is 17.2 Å². The maximum absolute atomic E-state index is 13.0. The molecule has 0 radical (unpaired) electrons. The fraction of sp³-hybridized carbons (Fsp3) is 0.250. The Morgan fingerprint density at radius 1 is 1.20 bits per heavy atom. The number of rotatable bonds is 4. The van der Waals surface area contributed by atoms with E-state index >= 15 is 0 Å². The van der Waals surface area contributed by atoms with Gasteiger partial charge in [0.25, 0.3) is 0 Å². The van der Waals surface area contributed by atoms with Gasteiger partial charge in [0.15, 0.2) is 0 Å². The van der Waals surface area contributed by atoms with Crippen LogP contribution >= 0.6 is 11.3 Å². The lowest BCUT2D eigenvalue weighted by atomic mass is 10.1. The van der Waals surface area contributed by atoms with Gasteiger partial charge in [-0.05, 0) is 42.1 Å². The van der Waals surface area contributed by atoms with Crippen molar-refractivity contribution in [2.24, 2.45) is 0 Å². The second-order valence-electron chi connectivity index (χ2n) is 5.76. The van der Waals surface area contributed by atoms with Gasteiger partial charge in [0.2, 0.25) is 21.8 Å². The third-order valence-electron chi connectivity index (χ3n) is 4.16. The second kappa shape index (κ2) is 6.32. The Morgan fingerprint density at radius 3 is 2.72 bits per heavy atom. The number of thiophene rings is 1. The van der Waals surface area contributed by atoms with Gasteiger partial charge in [0.1, 0.15) is 5.82 Å². The van der Waals surface area contributed by atoms with Crippen molar-refractivity contribution in [2.75, 3.05) is 13.1 Å². The lowest BCUT2D eigenvalue weighted by molar-refractivity contribution is 0.440. The van der Waals surface area contributed by atoms with E-state index in [9.17, 15) is 12.8 Å². The van der Waals surface area contributed by atoms with Crippen molar-refractivity contribution in [3.63, 3.8) is 0 Å². The molecule has 1 aliphatic rings. The van der Waals surface area contributed by atoms with E-state index in [2.05, 4.69) is 10.2 Å². The highest BCUT2D eigenvalue weighted by molar-refractivity contribution is 7.89. The molecule has 3 heterocycles. The molecule has 1 aliphatic heterocycles. The molecule has 0 saturated carbocycles. The number of halogens is 1. The van der Waals surface area contributed by atoms with Gasteiger partial charge in [0, 0.05) is 24.0 Å². The molecule has 4 rings (SSSR count). The third kappa shape index (κ3) is 3.10. The summed E-state index contributed by atoms with van der Waals surface area (Å²) in [5.41, 5.74) is 0.859. The van der Waals surface area contributed by atoms with Gasteiger partial charge in [-0.25, -0.2) is 12.8 Å². The molecule has 0 bridgehead atoms. The van der Waals surface area contributed by atoms with Crippen LogP contribution in [0.1, 0.15) is 18.2 Å². The first kappa shape index (κ1) is 16.4. The van der Waals surface area contributed by atoms with E-state index in [1.807, 2.05) is 16.8 Å². The molecule has 1 aromatic carbocycles. The van der Waals surface area contributed by atoms with Crippen molar-refractivity contribution in [3.8, 4) is 11.5 Å². The van der Waals surface area contributed by atoms with Crippen molar-refractivity contribution in [3.05, 3.63) is 52.8 Å². The van der Waals surface area contributed by atoms with Gasteiger partial charge in [-0.2, -0.15) is 15.6 Å². The van der Waals surface area contributed by atoms with E-state index in [-0.39, 0.29) is 17.4 Å². The number of aromatic nitrogens is 2. The minimum Gasteiger partial charge on any atom is -0.420 e. The Morgan fingerprint density at radius 2 is 2.00 bits per heavy atom. The predicted octanol–water partition coefficient (Wildman–Crippen LogP) is 3.12. The first-order valence-corrected chi connectivity index (χ1v) is 10.0. The number of nitrogens with zero attached hydrogens (tertiary/aromatic N) is 3. The van der Waals surface area contributed by atoms with Crippen LogP contribution in [-0.2, 0) is 10.0 Å². The Balaban J connectivity index is 1.52. The van der Waals surface area contributed by atoms with E-state index in [0.717, 1.165) is 17.7 Å². The summed E-state index contributed by atoms with van der Waals surface area (Å²) in [6.07, 6.45) is 0.603. The second-order valence-corrected chi connectivity index (χ2v) is 8.48. The highest BCUT2D eigenvalue weighted by atomic mass is 32.2. The molecule has 1 unspecified atom stereocenters. The molecule has 6 nitrogen and oxygen atoms in total. The molecule has 0 N–H and O–H groups in total. The Kier molecular flexibility index (Phi) is 4.14. The van der Waals surface area contributed by atoms with E-state index in [4.69, 9.17) is 4.42 Å². The lowest BCUT2D eigenvalue weighted by Gasteiger charge is -2.15. The summed E-state index contributed by atoms with van der Waals surface area (Å²) in [4.78, 5) is 0.0824. The van der Waals surface area contributed by atoms with Crippen molar-refractivity contribution in [1.82, 2.24) is 14.5 Å². The Hall–Kier alpha value is -2.10. The van der Waals surface area contributed by atoms with Crippen LogP contribution in [-0.4, -0.2) is 36.0 Å². The van der Waals surface area contributed by atoms with Gasteiger partial charge in [-0.15, -0.1) is 10.2 Å². The quantitative estimate of drug-likeness (QED) is 0.696. The maximum atomic E-state index is 13.0. The van der Waals surface area contributed by atoms with Crippen molar-refractivity contribution in [1.29, 1.82) is 0 Å². The fourth-order valence-electron chi connectivity index (χ4n) is 2.81. The van der Waals surface area contributed by atoms with E-state index in [0.29, 0.717) is 24.7 Å². The zero-order chi connectivity index (χ0) is 17.4. The predicted molar refractivity (Wildman–Crippen MR) is 90.1 cm³/mol. The number of hydrogen-bond donors (Lipinski definition) is 0. The van der Waals surface area contributed by atoms with Crippen LogP contribution in [0.4, 0.5) is 4.39 Å². The van der Waals surface area contributed by atoms with Gasteiger partial charge < -0.3 is 4.42 Å². The molecule has 3 aromatic rings. The smallest absolute Gasteiger partial charge is 0.248 e. The first-order valence-electron chi connectivity index (χ1n) is 7.66. The van der Waals surface area contributed by atoms with E-state index in [1.165, 1.54) is 27.8 Å². The monoisotopic (exact) mass is 379 g/mol. The fourth-order valence-corrected chi connectivity index (χ4v) is 4.94. The van der Waals surface area contributed by atoms with Crippen molar-refractivity contribution >= 4 is 21.4 Å². The van der Waals surface area contributed by atoms with Crippen LogP contribution in [0.3, 0.4) is 0 Å². The largest absolute Gasteiger partial charge is 0.420 e. The number of sulfonamides is 1. The summed E-state index contributed by atoms with van der Waals surface area (Å²) < 4.78 is 45.4. The molecular formula is C16H14FN3O3S2. The van der Waals surface area contributed by atoms with Gasteiger partial charge in [-0.3, -0.25) is 0 Å². The van der Waals surface area contributed by atoms with Crippen molar-refractivity contribution < 1.29 is 17.2 Å². The average Bonchev–Trinajstić information content (AvgIpc) is 3.34. The summed E-state index contributed by atoms with van der Waals surface area (Å²) in [6.45, 7) is 0.630. The summed E-state index contributed by atoms with van der Waals surface area (Å²) >= 11 is 1.54. The maximum Gasteiger partial charge on any atom is 0.248 e. The normalized spacial score (nSPS) is 18.7. The number of hydrogen-bond acceptors (Lipinski definition) is 6. The zero-order valence-electron chi connectivity index (χ0n) is 13.0. The minimum absolute atomic E-state index is 0.0824. The Bertz CT molecular complexity index is 968. The van der Waals surface area contributed by atoms with E-state index in [1.54, 1.807) is 0 Å². The summed E-state index contributed by atoms with van der Waals surface area (Å²) in [7, 11) is -3.65. The summed E-state index contributed by atoms with van der Waals surface area (Å²) in [6, 6.07) is 6.73. The topological polar surface area (TPSA) is 76.3 Å². The van der Waals surface area contributed by atoms with Crippen LogP contribution in [0, 0.1) is 5.82 Å². The molecule has 1 saturated heterocycles. The molecule has 0 aliphatic carbocycles. The molecule has 0 spiro atoms. The molecule has 2 aromatic heterocycles. The van der Waals surface area contributed by atoms with Gasteiger partial charge in [-0.1, -0.05) is 0 Å². The highest BCUT2D eigenvalue weighted by Crippen LogP contribution is 2.32. The molecule has 9 heteroatoms. The van der Waals surface area contributed by atoms with Crippen LogP contribution in [0.5, 0.6) is 0 Å². The third-order valence-corrected chi connectivity index (χ3v) is 6.72. The molecule has 130 valence electrons. The molecule has 25 heavy (non-hydrogen) atoms. The lowest BCUT2D eigenvalue weighted by Crippen LogP contribution is -2.28. The zero-order valence-corrected chi connectivity index (χ0v) is 14.6. The highest BCUT2D eigenvalue weighted by Gasteiger charge is 2.35. The van der Waals surface area contributed by atoms with Crippen LogP contribution in [0.15, 0.2) is 50.4 Å². The van der Waals surface area contributed by atoms with Gasteiger partial charge in [0.05, 0.1) is 10.8 Å². The molecular weight excluding hydrogens is 365 g/mol. The number of benzene rings is 1. The summed E-state index contributed by atoms with van der Waals surface area (Å²) in [5, 5.41) is 11.9. The Labute approximate surface area is 148 Å². The van der Waals surface area contributed by atoms with Crippen LogP contribution < -0.4 is 0 Å². The standard InChI is InChI=1S/C16H14FN3O3S2/c17-13-1-3-14(4-2-13)25(21,22)20-7-5-11(9-20)15-18-19-16(23-15)12-6-8-24-10-12/h1-4,6,8,10-11H,5,7,9H2. The van der Waals surface area contributed by atoms with Gasteiger partial charge >= 0.3 is 0 Å². The SMILES string of the molecule is O=S(=O)(c1ccc(F)cc1)N1CCC(c2nnc(-c3ccsc3)o2)C1. The van der Waals surface area contributed by atoms with E-state index < -0.39 is 15.8 Å². The average molecular weight is 379 g/mol. The first-order chi connectivity index (χ1) is 12.0. The van der Waals surface area contributed by atoms with Crippen LogP contribution in [0.2, 0.25) is 0 Å². The molecule has 0 amide bonds. The minimum atomic E-state index is -3.65. The summed E-state index contributed by atoms with van der Waals surface area (Å²) in [5.74, 6) is 0.272. The van der Waals surface area contributed by atoms with Crippen LogP contribution in [0.25, 0.3) is 11.5 Å².